The van der Waals surface area contributed by atoms with Crippen molar-refractivity contribution in [1.82, 2.24) is 0 Å². The normalized spacial score (nSPS) is 10.1. The van der Waals surface area contributed by atoms with E-state index in [2.05, 4.69) is 5.32 Å². The lowest BCUT2D eigenvalue weighted by Crippen LogP contribution is -2.21. The second kappa shape index (κ2) is 10.7. The molecule has 1 N–H and O–H groups in total. The summed E-state index contributed by atoms with van der Waals surface area (Å²) < 4.78 is 15.1. The molecule has 0 aliphatic rings. The molecule has 0 radical (unpaired) electrons. The highest BCUT2D eigenvalue weighted by atomic mass is 16.5. The number of amides is 1. The van der Waals surface area contributed by atoms with Gasteiger partial charge in [-0.1, -0.05) is 18.2 Å². The smallest absolute Gasteiger partial charge is 0.338 e. The zero-order valence-corrected chi connectivity index (χ0v) is 15.9. The van der Waals surface area contributed by atoms with E-state index in [9.17, 15) is 14.4 Å². The summed E-state index contributed by atoms with van der Waals surface area (Å²) >= 11 is 0. The number of hydrogen-bond acceptors (Lipinski definition) is 6. The van der Waals surface area contributed by atoms with Crippen LogP contribution in [-0.2, 0) is 25.5 Å². The van der Waals surface area contributed by atoms with Crippen molar-refractivity contribution >= 4 is 23.5 Å². The fourth-order valence-corrected chi connectivity index (χ4v) is 2.47. The number of carbonyl (C=O) groups excluding carboxylic acids is 3. The molecule has 0 fully saturated rings. The Morgan fingerprint density at radius 2 is 1.68 bits per heavy atom. The molecular formula is C21H23NO6. The Hall–Kier alpha value is -3.35. The lowest BCUT2D eigenvalue weighted by molar-refractivity contribution is -0.147. The number of benzene rings is 2. The molecule has 0 saturated carbocycles. The van der Waals surface area contributed by atoms with Gasteiger partial charge >= 0.3 is 11.9 Å². The van der Waals surface area contributed by atoms with Crippen LogP contribution in [-0.4, -0.2) is 38.2 Å². The van der Waals surface area contributed by atoms with E-state index in [1.807, 2.05) is 24.3 Å². The van der Waals surface area contributed by atoms with Crippen molar-refractivity contribution in [3.05, 3.63) is 59.7 Å². The van der Waals surface area contributed by atoms with Gasteiger partial charge in [0.05, 0.1) is 19.3 Å². The van der Waals surface area contributed by atoms with Gasteiger partial charge < -0.3 is 19.5 Å². The number of ether oxygens (including phenoxy) is 3. The Bertz CT molecular complexity index is 816. The lowest BCUT2D eigenvalue weighted by Gasteiger charge is -2.09. The van der Waals surface area contributed by atoms with Crippen LogP contribution in [0.3, 0.4) is 0 Å². The monoisotopic (exact) mass is 385 g/mol. The third kappa shape index (κ3) is 6.42. The van der Waals surface area contributed by atoms with E-state index < -0.39 is 17.8 Å². The topological polar surface area (TPSA) is 90.9 Å². The van der Waals surface area contributed by atoms with Gasteiger partial charge in [0.1, 0.15) is 5.75 Å². The van der Waals surface area contributed by atoms with Crippen LogP contribution in [0, 0.1) is 0 Å². The van der Waals surface area contributed by atoms with E-state index in [1.165, 1.54) is 0 Å². The maximum Gasteiger partial charge on any atom is 0.338 e. The van der Waals surface area contributed by atoms with Gasteiger partial charge in [-0.3, -0.25) is 9.59 Å². The van der Waals surface area contributed by atoms with Crippen molar-refractivity contribution in [3.63, 3.8) is 0 Å². The molecular weight excluding hydrogens is 362 g/mol. The first kappa shape index (κ1) is 21.0. The minimum absolute atomic E-state index is 0.141. The zero-order chi connectivity index (χ0) is 20.4. The lowest BCUT2D eigenvalue weighted by atomic mass is 10.1. The molecule has 2 aromatic carbocycles. The molecule has 2 rings (SSSR count). The number of aryl methyl sites for hydroxylation is 1. The highest BCUT2D eigenvalue weighted by molar-refractivity contribution is 5.94. The van der Waals surface area contributed by atoms with Crippen LogP contribution in [0.4, 0.5) is 5.69 Å². The molecule has 0 aliphatic carbocycles. The summed E-state index contributed by atoms with van der Waals surface area (Å²) in [6, 6.07) is 13.7. The highest BCUT2D eigenvalue weighted by Crippen LogP contribution is 2.19. The summed E-state index contributed by atoms with van der Waals surface area (Å²) in [5.41, 5.74) is 1.78. The number of rotatable bonds is 9. The van der Waals surface area contributed by atoms with E-state index in [4.69, 9.17) is 14.2 Å². The van der Waals surface area contributed by atoms with E-state index in [1.54, 1.807) is 38.3 Å². The van der Waals surface area contributed by atoms with Crippen LogP contribution in [0.1, 0.15) is 29.3 Å². The summed E-state index contributed by atoms with van der Waals surface area (Å²) in [6.45, 7) is 1.63. The predicted molar refractivity (Wildman–Crippen MR) is 103 cm³/mol. The van der Waals surface area contributed by atoms with E-state index >= 15 is 0 Å². The van der Waals surface area contributed by atoms with Gasteiger partial charge in [0, 0.05) is 12.1 Å². The average molecular weight is 385 g/mol. The molecule has 148 valence electrons. The molecule has 1 amide bonds. The summed E-state index contributed by atoms with van der Waals surface area (Å²) in [7, 11) is 1.57. The minimum atomic E-state index is -0.473. The van der Waals surface area contributed by atoms with Crippen LogP contribution >= 0.6 is 0 Å². The van der Waals surface area contributed by atoms with E-state index in [-0.39, 0.29) is 13.0 Å². The Morgan fingerprint density at radius 1 is 0.964 bits per heavy atom. The van der Waals surface area contributed by atoms with Crippen molar-refractivity contribution in [2.45, 2.75) is 19.8 Å². The molecule has 0 saturated heterocycles. The number of hydrogen-bond donors (Lipinski definition) is 1. The molecule has 28 heavy (non-hydrogen) atoms. The van der Waals surface area contributed by atoms with Crippen LogP contribution < -0.4 is 10.1 Å². The van der Waals surface area contributed by atoms with Crippen LogP contribution in [0.15, 0.2) is 48.5 Å². The van der Waals surface area contributed by atoms with Crippen LogP contribution in [0.5, 0.6) is 5.75 Å². The molecule has 0 bridgehead atoms. The molecule has 0 aromatic heterocycles. The summed E-state index contributed by atoms with van der Waals surface area (Å²) in [5.74, 6) is -0.656. The third-order valence-electron chi connectivity index (χ3n) is 3.84. The molecule has 0 unspecified atom stereocenters. The number of carbonyl (C=O) groups is 3. The second-order valence-corrected chi connectivity index (χ2v) is 5.82. The fourth-order valence-electron chi connectivity index (χ4n) is 2.47. The largest absolute Gasteiger partial charge is 0.496 e. The average Bonchev–Trinajstić information content (AvgIpc) is 2.71. The minimum Gasteiger partial charge on any atom is -0.496 e. The maximum absolute atomic E-state index is 11.9. The molecule has 0 heterocycles. The molecule has 0 spiro atoms. The van der Waals surface area contributed by atoms with Crippen molar-refractivity contribution in [2.24, 2.45) is 0 Å². The van der Waals surface area contributed by atoms with Crippen molar-refractivity contribution in [2.75, 3.05) is 25.6 Å². The second-order valence-electron chi connectivity index (χ2n) is 5.82. The maximum atomic E-state index is 11.9. The first-order chi connectivity index (χ1) is 13.5. The standard InChI is InChI=1S/C21H23NO6/c1-3-27-21(25)16-8-11-17(12-9-16)22-19(23)14-28-20(24)13-10-15-6-4-5-7-18(15)26-2/h4-9,11-12H,3,10,13-14H2,1-2H3,(H,22,23). The van der Waals surface area contributed by atoms with Gasteiger partial charge in [0.2, 0.25) is 0 Å². The summed E-state index contributed by atoms with van der Waals surface area (Å²) in [4.78, 5) is 35.4. The van der Waals surface area contributed by atoms with E-state index in [0.29, 0.717) is 30.0 Å². The third-order valence-corrected chi connectivity index (χ3v) is 3.84. The van der Waals surface area contributed by atoms with Gasteiger partial charge in [-0.15, -0.1) is 0 Å². The zero-order valence-electron chi connectivity index (χ0n) is 15.9. The Morgan fingerprint density at radius 3 is 2.36 bits per heavy atom. The molecule has 7 heteroatoms. The van der Waals surface area contributed by atoms with Gasteiger partial charge in [-0.2, -0.15) is 0 Å². The number of para-hydroxylation sites is 1. The number of nitrogens with one attached hydrogen (secondary N) is 1. The van der Waals surface area contributed by atoms with Crippen molar-refractivity contribution < 1.29 is 28.6 Å². The van der Waals surface area contributed by atoms with Gasteiger partial charge in [-0.25, -0.2) is 4.79 Å². The predicted octanol–water partition coefficient (Wildman–Crippen LogP) is 2.99. The Balaban J connectivity index is 1.75. The number of esters is 2. The first-order valence-corrected chi connectivity index (χ1v) is 8.88. The molecule has 0 atom stereocenters. The SMILES string of the molecule is CCOC(=O)c1ccc(NC(=O)COC(=O)CCc2ccccc2OC)cc1. The van der Waals surface area contributed by atoms with Crippen molar-refractivity contribution in [1.29, 1.82) is 0 Å². The van der Waals surface area contributed by atoms with E-state index in [0.717, 1.165) is 5.56 Å². The molecule has 7 nitrogen and oxygen atoms in total. The first-order valence-electron chi connectivity index (χ1n) is 8.88. The molecule has 0 aliphatic heterocycles. The quantitative estimate of drug-likeness (QED) is 0.668. The Labute approximate surface area is 163 Å². The summed E-state index contributed by atoms with van der Waals surface area (Å²) in [5, 5.41) is 2.60. The van der Waals surface area contributed by atoms with Gasteiger partial charge in [0.25, 0.3) is 5.91 Å². The highest BCUT2D eigenvalue weighted by Gasteiger charge is 2.11. The van der Waals surface area contributed by atoms with Crippen LogP contribution in [0.25, 0.3) is 0 Å². The molecule has 2 aromatic rings. The fraction of sp³-hybridized carbons (Fsp3) is 0.286. The van der Waals surface area contributed by atoms with Gasteiger partial charge in [-0.05, 0) is 49.2 Å². The summed E-state index contributed by atoms with van der Waals surface area (Å²) in [6.07, 6.45) is 0.599. The number of methoxy groups -OCH3 is 1. The van der Waals surface area contributed by atoms with Gasteiger partial charge in [0.15, 0.2) is 6.61 Å². The Kier molecular flexibility index (Phi) is 8.02. The number of anilines is 1. The van der Waals surface area contributed by atoms with Crippen molar-refractivity contribution in [3.8, 4) is 5.75 Å². The van der Waals surface area contributed by atoms with Crippen LogP contribution in [0.2, 0.25) is 0 Å².